The standard InChI is InChI=1S/C17H24N2O/c20-17(19-14-16-10-5-2-6-11-16)18-13-7-12-15-8-3-1-4-9-15/h1,3-4,8-9,14H,2,5-7,10-13H2,(H2,18,19,20). The van der Waals surface area contributed by atoms with Crippen molar-refractivity contribution in [2.45, 2.75) is 44.9 Å². The fourth-order valence-corrected chi connectivity index (χ4v) is 2.51. The SMILES string of the molecule is O=C(NC=C1CCCCC1)NCCCc1ccccc1. The first-order valence-corrected chi connectivity index (χ1v) is 7.61. The molecule has 2 N–H and O–H groups in total. The predicted octanol–water partition coefficient (Wildman–Crippen LogP) is 3.77. The van der Waals surface area contributed by atoms with E-state index in [1.165, 1.54) is 30.4 Å². The van der Waals surface area contributed by atoms with Crippen molar-refractivity contribution in [3.8, 4) is 0 Å². The Morgan fingerprint density at radius 1 is 1.10 bits per heavy atom. The fourth-order valence-electron chi connectivity index (χ4n) is 2.51. The minimum absolute atomic E-state index is 0.0869. The van der Waals surface area contributed by atoms with Crippen LogP contribution >= 0.6 is 0 Å². The van der Waals surface area contributed by atoms with E-state index in [2.05, 4.69) is 22.8 Å². The van der Waals surface area contributed by atoms with Crippen molar-refractivity contribution >= 4 is 6.03 Å². The van der Waals surface area contributed by atoms with Gasteiger partial charge in [-0.15, -0.1) is 0 Å². The number of aryl methyl sites for hydroxylation is 1. The highest BCUT2D eigenvalue weighted by Crippen LogP contribution is 2.21. The van der Waals surface area contributed by atoms with Crippen LogP contribution in [0.3, 0.4) is 0 Å². The molecule has 0 aromatic heterocycles. The first kappa shape index (κ1) is 14.6. The second-order valence-electron chi connectivity index (χ2n) is 5.35. The molecular weight excluding hydrogens is 248 g/mol. The molecule has 0 saturated heterocycles. The van der Waals surface area contributed by atoms with E-state index in [4.69, 9.17) is 0 Å². The van der Waals surface area contributed by atoms with Crippen molar-refractivity contribution in [2.75, 3.05) is 6.54 Å². The number of hydrogen-bond donors (Lipinski definition) is 2. The van der Waals surface area contributed by atoms with E-state index in [1.54, 1.807) is 0 Å². The molecule has 0 atom stereocenters. The van der Waals surface area contributed by atoms with E-state index < -0.39 is 0 Å². The van der Waals surface area contributed by atoms with Gasteiger partial charge in [0.25, 0.3) is 0 Å². The summed E-state index contributed by atoms with van der Waals surface area (Å²) in [5.41, 5.74) is 2.69. The molecule has 1 aliphatic rings. The molecule has 20 heavy (non-hydrogen) atoms. The Labute approximate surface area is 121 Å². The molecule has 0 bridgehead atoms. The van der Waals surface area contributed by atoms with Crippen LogP contribution in [-0.2, 0) is 6.42 Å². The van der Waals surface area contributed by atoms with Crippen molar-refractivity contribution in [1.82, 2.24) is 10.6 Å². The number of carbonyl (C=O) groups excluding carboxylic acids is 1. The Balaban J connectivity index is 1.58. The highest BCUT2D eigenvalue weighted by molar-refractivity contribution is 5.74. The monoisotopic (exact) mass is 272 g/mol. The van der Waals surface area contributed by atoms with Crippen LogP contribution in [0.5, 0.6) is 0 Å². The van der Waals surface area contributed by atoms with Crippen molar-refractivity contribution in [3.05, 3.63) is 47.7 Å². The van der Waals surface area contributed by atoms with Crippen molar-refractivity contribution in [3.63, 3.8) is 0 Å². The van der Waals surface area contributed by atoms with E-state index in [9.17, 15) is 4.79 Å². The molecule has 1 aliphatic carbocycles. The summed E-state index contributed by atoms with van der Waals surface area (Å²) in [4.78, 5) is 11.6. The van der Waals surface area contributed by atoms with Gasteiger partial charge in [0.15, 0.2) is 0 Å². The summed E-state index contributed by atoms with van der Waals surface area (Å²) in [6.45, 7) is 0.712. The van der Waals surface area contributed by atoms with Gasteiger partial charge in [-0.05, 0) is 44.1 Å². The van der Waals surface area contributed by atoms with Crippen LogP contribution in [0.15, 0.2) is 42.1 Å². The highest BCUT2D eigenvalue weighted by Gasteiger charge is 2.05. The smallest absolute Gasteiger partial charge is 0.318 e. The van der Waals surface area contributed by atoms with Crippen LogP contribution in [0.2, 0.25) is 0 Å². The van der Waals surface area contributed by atoms with Gasteiger partial charge in [0.2, 0.25) is 0 Å². The quantitative estimate of drug-likeness (QED) is 0.787. The van der Waals surface area contributed by atoms with Crippen LogP contribution in [0.1, 0.15) is 44.1 Å². The lowest BCUT2D eigenvalue weighted by Gasteiger charge is -2.13. The second kappa shape index (κ2) is 8.41. The number of nitrogens with one attached hydrogen (secondary N) is 2. The van der Waals surface area contributed by atoms with E-state index in [1.807, 2.05) is 24.4 Å². The summed E-state index contributed by atoms with van der Waals surface area (Å²) in [7, 11) is 0. The maximum absolute atomic E-state index is 11.6. The summed E-state index contributed by atoms with van der Waals surface area (Å²) < 4.78 is 0. The molecule has 2 rings (SSSR count). The van der Waals surface area contributed by atoms with Gasteiger partial charge in [0, 0.05) is 12.7 Å². The van der Waals surface area contributed by atoms with Crippen LogP contribution in [0.25, 0.3) is 0 Å². The number of urea groups is 1. The molecule has 1 aromatic rings. The number of carbonyl (C=O) groups is 1. The molecule has 0 aliphatic heterocycles. The molecule has 0 heterocycles. The zero-order valence-corrected chi connectivity index (χ0v) is 12.0. The predicted molar refractivity (Wildman–Crippen MR) is 82.5 cm³/mol. The Morgan fingerprint density at radius 3 is 2.60 bits per heavy atom. The molecule has 1 fully saturated rings. The normalized spacial score (nSPS) is 14.7. The molecule has 1 aromatic carbocycles. The van der Waals surface area contributed by atoms with Crippen LogP contribution in [0, 0.1) is 0 Å². The average molecular weight is 272 g/mol. The third kappa shape index (κ3) is 5.47. The van der Waals surface area contributed by atoms with E-state index in [0.717, 1.165) is 25.7 Å². The number of allylic oxidation sites excluding steroid dienone is 1. The zero-order valence-electron chi connectivity index (χ0n) is 12.0. The van der Waals surface area contributed by atoms with Gasteiger partial charge < -0.3 is 10.6 Å². The summed E-state index contributed by atoms with van der Waals surface area (Å²) in [6, 6.07) is 10.3. The molecule has 0 spiro atoms. The maximum Gasteiger partial charge on any atom is 0.318 e. The third-order valence-electron chi connectivity index (χ3n) is 3.67. The molecule has 3 nitrogen and oxygen atoms in total. The van der Waals surface area contributed by atoms with Gasteiger partial charge in [-0.25, -0.2) is 4.79 Å². The Kier molecular flexibility index (Phi) is 6.15. The Bertz CT molecular complexity index is 432. The van der Waals surface area contributed by atoms with Crippen LogP contribution in [-0.4, -0.2) is 12.6 Å². The molecule has 2 amide bonds. The summed E-state index contributed by atoms with van der Waals surface area (Å²) in [5.74, 6) is 0. The number of rotatable bonds is 5. The first-order valence-electron chi connectivity index (χ1n) is 7.61. The molecule has 108 valence electrons. The van der Waals surface area contributed by atoms with Gasteiger partial charge in [-0.3, -0.25) is 0 Å². The zero-order chi connectivity index (χ0) is 14.0. The summed E-state index contributed by atoms with van der Waals surface area (Å²) >= 11 is 0. The lowest BCUT2D eigenvalue weighted by atomic mass is 9.96. The lowest BCUT2D eigenvalue weighted by molar-refractivity contribution is 0.244. The largest absolute Gasteiger partial charge is 0.338 e. The molecule has 3 heteroatoms. The van der Waals surface area contributed by atoms with Gasteiger partial charge in [0.1, 0.15) is 0 Å². The summed E-state index contributed by atoms with van der Waals surface area (Å²) in [5, 5.41) is 5.74. The highest BCUT2D eigenvalue weighted by atomic mass is 16.2. The lowest BCUT2D eigenvalue weighted by Crippen LogP contribution is -2.33. The van der Waals surface area contributed by atoms with Crippen LogP contribution in [0.4, 0.5) is 4.79 Å². The van der Waals surface area contributed by atoms with Crippen molar-refractivity contribution in [1.29, 1.82) is 0 Å². The fraction of sp³-hybridized carbons (Fsp3) is 0.471. The third-order valence-corrected chi connectivity index (χ3v) is 3.67. The van der Waals surface area contributed by atoms with E-state index >= 15 is 0 Å². The van der Waals surface area contributed by atoms with E-state index in [0.29, 0.717) is 6.54 Å². The molecule has 0 unspecified atom stereocenters. The second-order valence-corrected chi connectivity index (χ2v) is 5.35. The van der Waals surface area contributed by atoms with Crippen LogP contribution < -0.4 is 10.6 Å². The van der Waals surface area contributed by atoms with Gasteiger partial charge >= 0.3 is 6.03 Å². The summed E-state index contributed by atoms with van der Waals surface area (Å²) in [6.07, 6.45) is 9.96. The molecular formula is C17H24N2O. The number of amides is 2. The average Bonchev–Trinajstić information content (AvgIpc) is 2.52. The maximum atomic E-state index is 11.6. The Hall–Kier alpha value is -1.77. The van der Waals surface area contributed by atoms with E-state index in [-0.39, 0.29) is 6.03 Å². The number of hydrogen-bond acceptors (Lipinski definition) is 1. The first-order chi connectivity index (χ1) is 9.84. The minimum atomic E-state index is -0.0869. The van der Waals surface area contributed by atoms with Crippen molar-refractivity contribution in [2.24, 2.45) is 0 Å². The van der Waals surface area contributed by atoms with Crippen molar-refractivity contribution < 1.29 is 4.79 Å². The van der Waals surface area contributed by atoms with Gasteiger partial charge in [-0.1, -0.05) is 42.3 Å². The molecule has 0 radical (unpaired) electrons. The van der Waals surface area contributed by atoms with Gasteiger partial charge in [-0.2, -0.15) is 0 Å². The Morgan fingerprint density at radius 2 is 1.85 bits per heavy atom. The topological polar surface area (TPSA) is 41.1 Å². The minimum Gasteiger partial charge on any atom is -0.338 e. The molecule has 1 saturated carbocycles. The number of benzene rings is 1. The van der Waals surface area contributed by atoms with Gasteiger partial charge in [0.05, 0.1) is 0 Å².